The zero-order valence-corrected chi connectivity index (χ0v) is 20.3. The van der Waals surface area contributed by atoms with Crippen LogP contribution in [-0.2, 0) is 12.8 Å². The van der Waals surface area contributed by atoms with Crippen LogP contribution in [0.3, 0.4) is 0 Å². The lowest BCUT2D eigenvalue weighted by atomic mass is 9.96. The minimum absolute atomic E-state index is 0.0478. The van der Waals surface area contributed by atoms with Crippen LogP contribution in [0.25, 0.3) is 0 Å². The molecule has 7 heteroatoms. The highest BCUT2D eigenvalue weighted by atomic mass is 79.9. The molecule has 0 saturated heterocycles. The summed E-state index contributed by atoms with van der Waals surface area (Å²) in [6.45, 7) is 0. The fourth-order valence-corrected chi connectivity index (χ4v) is 5.59. The minimum atomic E-state index is -0.120. The van der Waals surface area contributed by atoms with E-state index in [0.717, 1.165) is 42.5 Å². The largest absolute Gasteiger partial charge is 0.503 e. The van der Waals surface area contributed by atoms with Gasteiger partial charge in [0.15, 0.2) is 11.5 Å². The standard InChI is InChI=1S/C25H25BrN2O3S/c1-31-20-14-16(13-19(26)23(20)29)15-27-25-22(24(30)28-17-9-5-4-6-10-17)18-11-7-2-3-8-12-21(18)32-25/h4-6,9-10,13-15,29H,2-3,7-8,11-12H2,1H3,(H,28,30). The second-order valence-corrected chi connectivity index (χ2v) is 9.67. The third kappa shape index (κ3) is 5.05. The van der Waals surface area contributed by atoms with Crippen molar-refractivity contribution in [1.29, 1.82) is 0 Å². The van der Waals surface area contributed by atoms with Crippen LogP contribution in [0.4, 0.5) is 10.7 Å². The number of aromatic hydroxyl groups is 1. The molecule has 32 heavy (non-hydrogen) atoms. The molecule has 3 aromatic rings. The topological polar surface area (TPSA) is 70.9 Å². The van der Waals surface area contributed by atoms with Crippen molar-refractivity contribution in [1.82, 2.24) is 0 Å². The van der Waals surface area contributed by atoms with E-state index in [2.05, 4.69) is 21.2 Å². The van der Waals surface area contributed by atoms with Crippen LogP contribution >= 0.6 is 27.3 Å². The fraction of sp³-hybridized carbons (Fsp3) is 0.280. The van der Waals surface area contributed by atoms with Gasteiger partial charge in [-0.05, 0) is 77.0 Å². The van der Waals surface area contributed by atoms with Crippen molar-refractivity contribution in [3.05, 3.63) is 68.5 Å². The van der Waals surface area contributed by atoms with Gasteiger partial charge in [-0.1, -0.05) is 31.0 Å². The Hall–Kier alpha value is -2.64. The molecule has 1 amide bonds. The molecule has 5 nitrogen and oxygen atoms in total. The van der Waals surface area contributed by atoms with E-state index in [0.29, 0.717) is 20.8 Å². The fourth-order valence-electron chi connectivity index (χ4n) is 3.90. The SMILES string of the molecule is COc1cc(C=Nc2sc3c(c2C(=O)Nc2ccccc2)CCCCCC3)cc(Br)c1O. The summed E-state index contributed by atoms with van der Waals surface area (Å²) in [5.41, 5.74) is 3.35. The van der Waals surface area contributed by atoms with Gasteiger partial charge >= 0.3 is 0 Å². The molecule has 1 aliphatic carbocycles. The van der Waals surface area contributed by atoms with Gasteiger partial charge in [0, 0.05) is 16.8 Å². The normalized spacial score (nSPS) is 13.9. The molecule has 2 aromatic carbocycles. The van der Waals surface area contributed by atoms with E-state index in [9.17, 15) is 9.90 Å². The highest BCUT2D eigenvalue weighted by molar-refractivity contribution is 9.10. The molecule has 1 heterocycles. The number of hydrogen-bond donors (Lipinski definition) is 2. The molecule has 0 fully saturated rings. The van der Waals surface area contributed by atoms with Crippen LogP contribution in [0.5, 0.6) is 11.5 Å². The Kier molecular flexibility index (Phi) is 7.27. The molecular formula is C25H25BrN2O3S. The van der Waals surface area contributed by atoms with Gasteiger partial charge in [0.1, 0.15) is 5.00 Å². The van der Waals surface area contributed by atoms with E-state index >= 15 is 0 Å². The number of phenolic OH excluding ortho intramolecular Hbond substituents is 1. The summed E-state index contributed by atoms with van der Waals surface area (Å²) in [5, 5.41) is 13.8. The van der Waals surface area contributed by atoms with E-state index in [1.807, 2.05) is 30.3 Å². The first-order valence-corrected chi connectivity index (χ1v) is 12.3. The third-order valence-corrected chi connectivity index (χ3v) is 7.32. The van der Waals surface area contributed by atoms with Crippen LogP contribution in [0, 0.1) is 0 Å². The summed E-state index contributed by atoms with van der Waals surface area (Å²) in [5.74, 6) is 0.291. The maximum atomic E-state index is 13.3. The number of methoxy groups -OCH3 is 1. The van der Waals surface area contributed by atoms with Gasteiger partial charge in [-0.15, -0.1) is 11.3 Å². The highest BCUT2D eigenvalue weighted by Crippen LogP contribution is 2.40. The molecule has 1 aliphatic rings. The molecule has 0 spiro atoms. The van der Waals surface area contributed by atoms with Crippen molar-refractivity contribution in [2.45, 2.75) is 38.5 Å². The maximum Gasteiger partial charge on any atom is 0.259 e. The van der Waals surface area contributed by atoms with E-state index in [-0.39, 0.29) is 11.7 Å². The highest BCUT2D eigenvalue weighted by Gasteiger charge is 2.24. The molecule has 0 saturated carbocycles. The first kappa shape index (κ1) is 22.6. The van der Waals surface area contributed by atoms with E-state index in [1.54, 1.807) is 29.7 Å². The van der Waals surface area contributed by atoms with Crippen LogP contribution < -0.4 is 10.1 Å². The second-order valence-electron chi connectivity index (χ2n) is 7.73. The van der Waals surface area contributed by atoms with Crippen molar-refractivity contribution in [3.8, 4) is 11.5 Å². The first-order valence-electron chi connectivity index (χ1n) is 10.7. The van der Waals surface area contributed by atoms with Crippen LogP contribution in [-0.4, -0.2) is 24.3 Å². The predicted octanol–water partition coefficient (Wildman–Crippen LogP) is 6.89. The van der Waals surface area contributed by atoms with Gasteiger partial charge in [-0.3, -0.25) is 4.79 Å². The first-order chi connectivity index (χ1) is 15.6. The molecule has 0 aliphatic heterocycles. The number of fused-ring (bicyclic) bond motifs is 1. The molecule has 0 atom stereocenters. The summed E-state index contributed by atoms with van der Waals surface area (Å²) in [6.07, 6.45) is 8.24. The summed E-state index contributed by atoms with van der Waals surface area (Å²) in [7, 11) is 1.51. The van der Waals surface area contributed by atoms with Gasteiger partial charge in [0.2, 0.25) is 0 Å². The number of carbonyl (C=O) groups is 1. The number of thiophene rings is 1. The Morgan fingerprint density at radius 3 is 2.66 bits per heavy atom. The number of amides is 1. The zero-order chi connectivity index (χ0) is 22.5. The molecule has 1 aromatic heterocycles. The smallest absolute Gasteiger partial charge is 0.259 e. The lowest BCUT2D eigenvalue weighted by Gasteiger charge is -2.12. The van der Waals surface area contributed by atoms with Gasteiger partial charge in [-0.25, -0.2) is 4.99 Å². The number of para-hydroxylation sites is 1. The number of halogens is 1. The number of benzene rings is 2. The van der Waals surface area contributed by atoms with Crippen molar-refractivity contribution in [2.24, 2.45) is 4.99 Å². The predicted molar refractivity (Wildman–Crippen MR) is 134 cm³/mol. The summed E-state index contributed by atoms with van der Waals surface area (Å²) in [6, 6.07) is 13.0. The average molecular weight is 513 g/mol. The number of rotatable bonds is 5. The molecule has 166 valence electrons. The lowest BCUT2D eigenvalue weighted by molar-refractivity contribution is 0.102. The van der Waals surface area contributed by atoms with Crippen LogP contribution in [0.1, 0.15) is 52.0 Å². The molecule has 0 bridgehead atoms. The Labute approximate surface area is 200 Å². The van der Waals surface area contributed by atoms with E-state index in [1.165, 1.54) is 24.8 Å². The van der Waals surface area contributed by atoms with Crippen LogP contribution in [0.15, 0.2) is 51.9 Å². The third-order valence-electron chi connectivity index (χ3n) is 5.51. The summed E-state index contributed by atoms with van der Waals surface area (Å²) >= 11 is 4.96. The van der Waals surface area contributed by atoms with Crippen molar-refractivity contribution in [3.63, 3.8) is 0 Å². The number of nitrogens with one attached hydrogen (secondary N) is 1. The average Bonchev–Trinajstić information content (AvgIpc) is 3.11. The second kappa shape index (κ2) is 10.3. The number of nitrogens with zero attached hydrogens (tertiary/aromatic N) is 1. The number of ether oxygens (including phenoxy) is 1. The molecule has 0 radical (unpaired) electrons. The van der Waals surface area contributed by atoms with Crippen LogP contribution in [0.2, 0.25) is 0 Å². The quantitative estimate of drug-likeness (QED) is 0.365. The van der Waals surface area contributed by atoms with Crippen molar-refractivity contribution >= 4 is 50.1 Å². The zero-order valence-electron chi connectivity index (χ0n) is 17.9. The van der Waals surface area contributed by atoms with Crippen molar-refractivity contribution < 1.29 is 14.6 Å². The number of anilines is 1. The van der Waals surface area contributed by atoms with Gasteiger partial charge in [-0.2, -0.15) is 0 Å². The van der Waals surface area contributed by atoms with Gasteiger partial charge in [0.25, 0.3) is 5.91 Å². The van der Waals surface area contributed by atoms with Gasteiger partial charge in [0.05, 0.1) is 17.1 Å². The number of phenols is 1. The van der Waals surface area contributed by atoms with Crippen molar-refractivity contribution in [2.75, 3.05) is 12.4 Å². The Balaban J connectivity index is 1.72. The Morgan fingerprint density at radius 2 is 1.91 bits per heavy atom. The maximum absolute atomic E-state index is 13.3. The Morgan fingerprint density at radius 1 is 1.16 bits per heavy atom. The summed E-state index contributed by atoms with van der Waals surface area (Å²) in [4.78, 5) is 19.3. The number of aliphatic imine (C=N–C) groups is 1. The Bertz CT molecular complexity index is 1140. The van der Waals surface area contributed by atoms with E-state index in [4.69, 9.17) is 9.73 Å². The molecule has 4 rings (SSSR count). The number of aryl methyl sites for hydroxylation is 1. The monoisotopic (exact) mass is 512 g/mol. The summed E-state index contributed by atoms with van der Waals surface area (Å²) < 4.78 is 5.76. The number of hydrogen-bond acceptors (Lipinski definition) is 5. The lowest BCUT2D eigenvalue weighted by Crippen LogP contribution is -2.14. The minimum Gasteiger partial charge on any atom is -0.503 e. The molecule has 0 unspecified atom stereocenters. The van der Waals surface area contributed by atoms with E-state index < -0.39 is 0 Å². The molecular weight excluding hydrogens is 488 g/mol. The number of carbonyl (C=O) groups excluding carboxylic acids is 1. The van der Waals surface area contributed by atoms with Gasteiger partial charge < -0.3 is 15.2 Å². The molecule has 2 N–H and O–H groups in total.